The van der Waals surface area contributed by atoms with E-state index in [1.807, 2.05) is 24.4 Å². The molecule has 0 radical (unpaired) electrons. The van der Waals surface area contributed by atoms with Crippen LogP contribution in [0.25, 0.3) is 21.6 Å². The van der Waals surface area contributed by atoms with Crippen molar-refractivity contribution in [3.05, 3.63) is 29.6 Å². The molecule has 3 heterocycles. The summed E-state index contributed by atoms with van der Waals surface area (Å²) in [5.74, 6) is 1.33. The van der Waals surface area contributed by atoms with Crippen LogP contribution < -0.4 is 0 Å². The van der Waals surface area contributed by atoms with E-state index in [0.29, 0.717) is 24.6 Å². The average molecular weight is 284 g/mol. The lowest BCUT2D eigenvalue weighted by molar-refractivity contribution is 0.359. The van der Waals surface area contributed by atoms with Gasteiger partial charge in [-0.25, -0.2) is 0 Å². The molecule has 0 aliphatic heterocycles. The van der Waals surface area contributed by atoms with Crippen molar-refractivity contribution in [3.63, 3.8) is 0 Å². The monoisotopic (exact) mass is 284 g/mol. The maximum Gasteiger partial charge on any atom is 0.227 e. The summed E-state index contributed by atoms with van der Waals surface area (Å²) in [5, 5.41) is 14.6. The predicted molar refractivity (Wildman–Crippen MR) is 76.0 cm³/mol. The van der Waals surface area contributed by atoms with Crippen molar-refractivity contribution < 1.29 is 4.52 Å². The van der Waals surface area contributed by atoms with Crippen molar-refractivity contribution in [1.29, 1.82) is 5.26 Å². The van der Waals surface area contributed by atoms with E-state index in [1.165, 1.54) is 0 Å². The van der Waals surface area contributed by atoms with E-state index in [2.05, 4.69) is 21.2 Å². The fourth-order valence-electron chi connectivity index (χ4n) is 1.95. The van der Waals surface area contributed by atoms with Crippen LogP contribution in [0.15, 0.2) is 28.2 Å². The second-order valence-electron chi connectivity index (χ2n) is 4.71. The smallest absolute Gasteiger partial charge is 0.227 e. The minimum Gasteiger partial charge on any atom is -0.339 e. The minimum absolute atomic E-state index is 0.214. The van der Waals surface area contributed by atoms with E-state index in [-0.39, 0.29) is 5.92 Å². The van der Waals surface area contributed by atoms with Gasteiger partial charge in [0.15, 0.2) is 0 Å². The van der Waals surface area contributed by atoms with Gasteiger partial charge >= 0.3 is 0 Å². The molecule has 20 heavy (non-hydrogen) atoms. The van der Waals surface area contributed by atoms with Crippen molar-refractivity contribution in [3.8, 4) is 17.5 Å². The molecule has 0 N–H and O–H groups in total. The molecule has 3 aromatic rings. The van der Waals surface area contributed by atoms with Gasteiger partial charge in [0.25, 0.3) is 0 Å². The molecule has 3 aromatic heterocycles. The fraction of sp³-hybridized carbons (Fsp3) is 0.286. The van der Waals surface area contributed by atoms with Gasteiger partial charge in [-0.1, -0.05) is 12.1 Å². The highest BCUT2D eigenvalue weighted by molar-refractivity contribution is 7.17. The highest BCUT2D eigenvalue weighted by Crippen LogP contribution is 2.24. The lowest BCUT2D eigenvalue weighted by Crippen LogP contribution is -1.98. The second-order valence-corrected chi connectivity index (χ2v) is 5.66. The molecule has 100 valence electrons. The van der Waals surface area contributed by atoms with Gasteiger partial charge in [-0.15, -0.1) is 11.3 Å². The highest BCUT2D eigenvalue weighted by atomic mass is 32.1. The van der Waals surface area contributed by atoms with Gasteiger partial charge in [-0.05, 0) is 23.4 Å². The number of rotatable bonds is 4. The van der Waals surface area contributed by atoms with Crippen molar-refractivity contribution in [1.82, 2.24) is 15.1 Å². The molecule has 0 amide bonds. The molecule has 0 aliphatic rings. The first-order valence-corrected chi connectivity index (χ1v) is 7.17. The Morgan fingerprint density at radius 1 is 1.50 bits per heavy atom. The van der Waals surface area contributed by atoms with E-state index >= 15 is 0 Å². The van der Waals surface area contributed by atoms with Gasteiger partial charge in [0, 0.05) is 24.6 Å². The fourth-order valence-corrected chi connectivity index (χ4v) is 2.73. The molecule has 1 unspecified atom stereocenters. The number of pyridine rings is 1. The largest absolute Gasteiger partial charge is 0.339 e. The number of aromatic nitrogens is 3. The van der Waals surface area contributed by atoms with Crippen LogP contribution in [0.5, 0.6) is 0 Å². The second kappa shape index (κ2) is 5.39. The zero-order valence-corrected chi connectivity index (χ0v) is 11.7. The Labute approximate surface area is 119 Å². The van der Waals surface area contributed by atoms with Gasteiger partial charge in [-0.3, -0.25) is 4.98 Å². The third kappa shape index (κ3) is 2.53. The predicted octanol–water partition coefficient (Wildman–Crippen LogP) is 3.44. The van der Waals surface area contributed by atoms with E-state index in [1.54, 1.807) is 17.5 Å². The van der Waals surface area contributed by atoms with Crippen LogP contribution in [-0.4, -0.2) is 15.1 Å². The summed E-state index contributed by atoms with van der Waals surface area (Å²) < 4.78 is 6.34. The molecule has 0 bridgehead atoms. The zero-order chi connectivity index (χ0) is 13.9. The number of hydrogen-bond donors (Lipinski definition) is 0. The first kappa shape index (κ1) is 12.8. The Bertz CT molecular complexity index is 771. The molecule has 0 saturated carbocycles. The van der Waals surface area contributed by atoms with Gasteiger partial charge in [-0.2, -0.15) is 10.2 Å². The molecule has 0 saturated heterocycles. The Morgan fingerprint density at radius 2 is 2.40 bits per heavy atom. The van der Waals surface area contributed by atoms with Crippen LogP contribution in [0, 0.1) is 17.2 Å². The summed E-state index contributed by atoms with van der Waals surface area (Å²) in [6.07, 6.45) is 2.86. The first-order valence-electron chi connectivity index (χ1n) is 6.29. The quantitative estimate of drug-likeness (QED) is 0.733. The third-order valence-corrected chi connectivity index (χ3v) is 3.84. The Morgan fingerprint density at radius 3 is 3.25 bits per heavy atom. The van der Waals surface area contributed by atoms with Crippen LogP contribution in [0.3, 0.4) is 0 Å². The third-order valence-electron chi connectivity index (χ3n) is 2.99. The van der Waals surface area contributed by atoms with E-state index in [9.17, 15) is 0 Å². The Hall–Kier alpha value is -2.26. The summed E-state index contributed by atoms with van der Waals surface area (Å²) in [4.78, 5) is 8.73. The SMILES string of the molecule is CC(CC#N)Cc1nc(-c2cnc3ccsc3c2)no1. The zero-order valence-electron chi connectivity index (χ0n) is 10.9. The van der Waals surface area contributed by atoms with E-state index in [0.717, 1.165) is 15.8 Å². The van der Waals surface area contributed by atoms with Crippen molar-refractivity contribution in [2.45, 2.75) is 19.8 Å². The molecule has 0 aliphatic carbocycles. The molecule has 5 nitrogen and oxygen atoms in total. The molecule has 1 atom stereocenters. The standard InChI is InChI=1S/C14H12N4OS/c1-9(2-4-15)6-13-17-14(18-19-13)10-7-12-11(16-8-10)3-5-20-12/h3,5,7-9H,2,6H2,1H3. The summed E-state index contributed by atoms with van der Waals surface area (Å²) >= 11 is 1.64. The van der Waals surface area contributed by atoms with Crippen LogP contribution in [-0.2, 0) is 6.42 Å². The summed E-state index contributed by atoms with van der Waals surface area (Å²) in [5.41, 5.74) is 1.83. The van der Waals surface area contributed by atoms with Crippen LogP contribution >= 0.6 is 11.3 Å². The molecule has 0 aromatic carbocycles. The van der Waals surface area contributed by atoms with Crippen LogP contribution in [0.4, 0.5) is 0 Å². The number of hydrogen-bond acceptors (Lipinski definition) is 6. The number of fused-ring (bicyclic) bond motifs is 1. The Kier molecular flexibility index (Phi) is 3.44. The summed E-state index contributed by atoms with van der Waals surface area (Å²) in [6, 6.07) is 6.14. The van der Waals surface area contributed by atoms with E-state index in [4.69, 9.17) is 9.78 Å². The van der Waals surface area contributed by atoms with Crippen molar-refractivity contribution in [2.24, 2.45) is 5.92 Å². The first-order chi connectivity index (χ1) is 9.76. The normalized spacial score (nSPS) is 12.4. The minimum atomic E-state index is 0.214. The molecule has 0 spiro atoms. The maximum absolute atomic E-state index is 8.65. The van der Waals surface area contributed by atoms with E-state index < -0.39 is 0 Å². The average Bonchev–Trinajstić information content (AvgIpc) is 3.06. The molecular formula is C14H12N4OS. The topological polar surface area (TPSA) is 75.6 Å². The highest BCUT2D eigenvalue weighted by Gasteiger charge is 2.13. The Balaban J connectivity index is 1.84. The number of nitriles is 1. The lowest BCUT2D eigenvalue weighted by atomic mass is 10.1. The van der Waals surface area contributed by atoms with Gasteiger partial charge in [0.1, 0.15) is 0 Å². The van der Waals surface area contributed by atoms with Gasteiger partial charge in [0.2, 0.25) is 11.7 Å². The maximum atomic E-state index is 8.65. The molecule has 6 heteroatoms. The number of thiophene rings is 1. The van der Waals surface area contributed by atoms with Gasteiger partial charge < -0.3 is 4.52 Å². The van der Waals surface area contributed by atoms with Crippen LogP contribution in [0.2, 0.25) is 0 Å². The number of nitrogens with zero attached hydrogens (tertiary/aromatic N) is 4. The molecule has 3 rings (SSSR count). The van der Waals surface area contributed by atoms with Crippen molar-refractivity contribution in [2.75, 3.05) is 0 Å². The molecule has 0 fully saturated rings. The summed E-state index contributed by atoms with van der Waals surface area (Å²) in [6.45, 7) is 1.99. The van der Waals surface area contributed by atoms with Crippen LogP contribution in [0.1, 0.15) is 19.2 Å². The lowest BCUT2D eigenvalue weighted by Gasteiger charge is -2.00. The van der Waals surface area contributed by atoms with Gasteiger partial charge in [0.05, 0.1) is 16.3 Å². The summed E-state index contributed by atoms with van der Waals surface area (Å²) in [7, 11) is 0. The van der Waals surface area contributed by atoms with Crippen molar-refractivity contribution >= 4 is 21.6 Å². The molecular weight excluding hydrogens is 272 g/mol.